The lowest BCUT2D eigenvalue weighted by atomic mass is 9.98. The highest BCUT2D eigenvalue weighted by molar-refractivity contribution is 9.10. The van der Waals surface area contributed by atoms with Gasteiger partial charge in [-0.1, -0.05) is 107 Å². The van der Waals surface area contributed by atoms with Gasteiger partial charge in [-0.25, -0.2) is 0 Å². The fraction of sp³-hybridized carbons (Fsp3) is 0. The monoisotopic (exact) mass is 499 g/mol. The Morgan fingerprint density at radius 3 is 1.68 bits per heavy atom. The van der Waals surface area contributed by atoms with Crippen molar-refractivity contribution in [1.29, 1.82) is 0 Å². The Kier molecular flexibility index (Phi) is 5.37. The lowest BCUT2D eigenvalue weighted by Gasteiger charge is -2.27. The molecule has 0 amide bonds. The van der Waals surface area contributed by atoms with Crippen molar-refractivity contribution >= 4 is 54.5 Å². The first-order valence-corrected chi connectivity index (χ1v) is 12.2. The van der Waals surface area contributed by atoms with Gasteiger partial charge in [-0.15, -0.1) is 0 Å². The lowest BCUT2D eigenvalue weighted by Crippen LogP contribution is -2.10. The van der Waals surface area contributed by atoms with Crippen molar-refractivity contribution in [2.75, 3.05) is 4.90 Å². The third-order valence-corrected chi connectivity index (χ3v) is 6.85. The van der Waals surface area contributed by atoms with Crippen LogP contribution in [-0.4, -0.2) is 0 Å². The van der Waals surface area contributed by atoms with Gasteiger partial charge in [0.1, 0.15) is 0 Å². The van der Waals surface area contributed by atoms with E-state index in [1.807, 2.05) is 0 Å². The first-order valence-electron chi connectivity index (χ1n) is 11.4. The molecule has 0 bridgehead atoms. The van der Waals surface area contributed by atoms with Gasteiger partial charge in [0, 0.05) is 21.2 Å². The SMILES string of the molecule is Brc1ccc(N(c2ccc(-c3cccc4ccccc34)cc2)c2cccc3ccccc23)cc1. The van der Waals surface area contributed by atoms with Crippen molar-refractivity contribution in [2.24, 2.45) is 0 Å². The Morgan fingerprint density at radius 2 is 0.971 bits per heavy atom. The van der Waals surface area contributed by atoms with Gasteiger partial charge in [0.05, 0.1) is 5.69 Å². The van der Waals surface area contributed by atoms with Crippen LogP contribution in [0.5, 0.6) is 0 Å². The van der Waals surface area contributed by atoms with Crippen LogP contribution >= 0.6 is 15.9 Å². The Morgan fingerprint density at radius 1 is 0.441 bits per heavy atom. The molecule has 0 saturated heterocycles. The smallest absolute Gasteiger partial charge is 0.0540 e. The van der Waals surface area contributed by atoms with Crippen molar-refractivity contribution in [2.45, 2.75) is 0 Å². The quantitative estimate of drug-likeness (QED) is 0.233. The average Bonchev–Trinajstić information content (AvgIpc) is 2.90. The minimum absolute atomic E-state index is 1.07. The average molecular weight is 500 g/mol. The molecule has 1 nitrogen and oxygen atoms in total. The molecule has 0 radical (unpaired) electrons. The topological polar surface area (TPSA) is 3.24 Å². The van der Waals surface area contributed by atoms with Gasteiger partial charge in [-0.2, -0.15) is 0 Å². The molecule has 0 aliphatic carbocycles. The number of nitrogens with zero attached hydrogens (tertiary/aromatic N) is 1. The number of hydrogen-bond donors (Lipinski definition) is 0. The molecule has 0 saturated carbocycles. The zero-order chi connectivity index (χ0) is 22.9. The molecule has 162 valence electrons. The van der Waals surface area contributed by atoms with E-state index >= 15 is 0 Å². The zero-order valence-corrected chi connectivity index (χ0v) is 20.1. The maximum atomic E-state index is 3.58. The molecule has 34 heavy (non-hydrogen) atoms. The van der Waals surface area contributed by atoms with Crippen LogP contribution < -0.4 is 4.90 Å². The van der Waals surface area contributed by atoms with Crippen LogP contribution in [0.15, 0.2) is 138 Å². The predicted octanol–water partition coefficient (Wildman–Crippen LogP) is 9.89. The van der Waals surface area contributed by atoms with Crippen LogP contribution in [0.1, 0.15) is 0 Å². The van der Waals surface area contributed by atoms with Crippen LogP contribution in [-0.2, 0) is 0 Å². The Balaban J connectivity index is 1.50. The van der Waals surface area contributed by atoms with E-state index in [2.05, 4.69) is 154 Å². The first kappa shape index (κ1) is 20.7. The summed E-state index contributed by atoms with van der Waals surface area (Å²) in [5.41, 5.74) is 5.89. The van der Waals surface area contributed by atoms with E-state index in [-0.39, 0.29) is 0 Å². The number of rotatable bonds is 4. The van der Waals surface area contributed by atoms with Crippen LogP contribution in [0.25, 0.3) is 32.7 Å². The molecule has 0 aromatic heterocycles. The van der Waals surface area contributed by atoms with Crippen LogP contribution in [0, 0.1) is 0 Å². The zero-order valence-electron chi connectivity index (χ0n) is 18.5. The van der Waals surface area contributed by atoms with Crippen molar-refractivity contribution in [3.63, 3.8) is 0 Å². The van der Waals surface area contributed by atoms with Gasteiger partial charge >= 0.3 is 0 Å². The maximum absolute atomic E-state index is 3.58. The first-order chi connectivity index (χ1) is 16.8. The van der Waals surface area contributed by atoms with Gasteiger partial charge < -0.3 is 4.90 Å². The van der Waals surface area contributed by atoms with E-state index in [9.17, 15) is 0 Å². The second kappa shape index (κ2) is 8.81. The molecule has 6 aromatic rings. The summed E-state index contributed by atoms with van der Waals surface area (Å²) in [6.45, 7) is 0. The van der Waals surface area contributed by atoms with E-state index in [4.69, 9.17) is 0 Å². The highest BCUT2D eigenvalue weighted by Crippen LogP contribution is 2.40. The van der Waals surface area contributed by atoms with Gasteiger partial charge in [-0.3, -0.25) is 0 Å². The molecule has 0 fully saturated rings. The Bertz CT molecular complexity index is 1590. The van der Waals surface area contributed by atoms with E-state index < -0.39 is 0 Å². The van der Waals surface area contributed by atoms with Crippen molar-refractivity contribution in [3.8, 4) is 11.1 Å². The summed E-state index contributed by atoms with van der Waals surface area (Å²) in [7, 11) is 0. The third kappa shape index (κ3) is 3.76. The molecular formula is C32H22BrN. The Labute approximate surface area is 208 Å². The van der Waals surface area contributed by atoms with E-state index in [1.165, 1.54) is 38.4 Å². The molecule has 0 aliphatic heterocycles. The van der Waals surface area contributed by atoms with E-state index in [0.717, 1.165) is 15.8 Å². The van der Waals surface area contributed by atoms with Crippen LogP contribution in [0.4, 0.5) is 17.1 Å². The number of halogens is 1. The summed E-state index contributed by atoms with van der Waals surface area (Å²) in [5, 5.41) is 4.99. The minimum atomic E-state index is 1.07. The Hall–Kier alpha value is -3.88. The summed E-state index contributed by atoms with van der Waals surface area (Å²) in [4.78, 5) is 2.33. The number of hydrogen-bond acceptors (Lipinski definition) is 1. The number of benzene rings is 6. The molecule has 0 aliphatic rings. The third-order valence-electron chi connectivity index (χ3n) is 6.32. The van der Waals surface area contributed by atoms with E-state index in [1.54, 1.807) is 0 Å². The summed E-state index contributed by atoms with van der Waals surface area (Å²) >= 11 is 3.58. The van der Waals surface area contributed by atoms with Gasteiger partial charge in [0.25, 0.3) is 0 Å². The normalized spacial score (nSPS) is 11.1. The predicted molar refractivity (Wildman–Crippen MR) is 149 cm³/mol. The number of fused-ring (bicyclic) bond motifs is 2. The summed E-state index contributed by atoms with van der Waals surface area (Å²) in [6, 6.07) is 47.5. The minimum Gasteiger partial charge on any atom is -0.310 e. The second-order valence-corrected chi connectivity index (χ2v) is 9.30. The van der Waals surface area contributed by atoms with Gasteiger partial charge in [-0.05, 0) is 69.8 Å². The standard InChI is InChI=1S/C32H22BrN/c33-26-17-21-28(22-18-26)34(32-14-6-10-24-8-2-4-12-31(24)32)27-19-15-25(16-20-27)30-13-5-9-23-7-1-3-11-29(23)30/h1-22H. The fourth-order valence-electron chi connectivity index (χ4n) is 4.69. The van der Waals surface area contributed by atoms with Crippen molar-refractivity contribution < 1.29 is 0 Å². The summed E-state index contributed by atoms with van der Waals surface area (Å²) in [6.07, 6.45) is 0. The van der Waals surface area contributed by atoms with Gasteiger partial charge in [0.2, 0.25) is 0 Å². The summed E-state index contributed by atoms with van der Waals surface area (Å²) < 4.78 is 1.07. The highest BCUT2D eigenvalue weighted by Gasteiger charge is 2.15. The molecule has 2 heteroatoms. The molecule has 6 aromatic carbocycles. The molecule has 0 N–H and O–H groups in total. The summed E-state index contributed by atoms with van der Waals surface area (Å²) in [5.74, 6) is 0. The molecule has 0 unspecified atom stereocenters. The van der Waals surface area contributed by atoms with Gasteiger partial charge in [0.15, 0.2) is 0 Å². The molecular weight excluding hydrogens is 478 g/mol. The lowest BCUT2D eigenvalue weighted by molar-refractivity contribution is 1.29. The fourth-order valence-corrected chi connectivity index (χ4v) is 4.95. The van der Waals surface area contributed by atoms with E-state index in [0.29, 0.717) is 0 Å². The molecule has 0 spiro atoms. The van der Waals surface area contributed by atoms with Crippen molar-refractivity contribution in [1.82, 2.24) is 0 Å². The molecule has 0 atom stereocenters. The van der Waals surface area contributed by atoms with Crippen molar-refractivity contribution in [3.05, 3.63) is 138 Å². The van der Waals surface area contributed by atoms with Crippen LogP contribution in [0.3, 0.4) is 0 Å². The highest BCUT2D eigenvalue weighted by atomic mass is 79.9. The second-order valence-electron chi connectivity index (χ2n) is 8.38. The van der Waals surface area contributed by atoms with Crippen LogP contribution in [0.2, 0.25) is 0 Å². The largest absolute Gasteiger partial charge is 0.310 e. The maximum Gasteiger partial charge on any atom is 0.0540 e. The molecule has 0 heterocycles. The molecule has 6 rings (SSSR count). The number of anilines is 3.